The monoisotopic (exact) mass is 344 g/mol. The van der Waals surface area contributed by atoms with Crippen molar-refractivity contribution in [3.63, 3.8) is 0 Å². The minimum Gasteiger partial charge on any atom is -0.424 e. The fourth-order valence-electron chi connectivity index (χ4n) is 3.90. The van der Waals surface area contributed by atoms with Gasteiger partial charge in [0.15, 0.2) is 0 Å². The van der Waals surface area contributed by atoms with Gasteiger partial charge in [-0.25, -0.2) is 0 Å². The molecule has 3 heteroatoms. The lowest BCUT2D eigenvalue weighted by atomic mass is 9.63. The van der Waals surface area contributed by atoms with Crippen LogP contribution in [0, 0.1) is 10.8 Å². The van der Waals surface area contributed by atoms with Gasteiger partial charge in [-0.2, -0.15) is 0 Å². The lowest BCUT2D eigenvalue weighted by Gasteiger charge is -2.40. The first-order valence-corrected chi connectivity index (χ1v) is 9.10. The summed E-state index contributed by atoms with van der Waals surface area (Å²) in [5, 5.41) is 8.11. The van der Waals surface area contributed by atoms with Gasteiger partial charge in [-0.3, -0.25) is 0 Å². The Kier molecular flexibility index (Phi) is 4.03. The first-order valence-electron chi connectivity index (χ1n) is 9.10. The van der Waals surface area contributed by atoms with E-state index in [1.54, 1.807) is 0 Å². The zero-order valence-electron chi connectivity index (χ0n) is 15.6. The number of hydrogen-bond acceptors (Lipinski definition) is 3. The lowest BCUT2D eigenvalue weighted by molar-refractivity contribution is 0.404. The number of benzene rings is 1. The highest BCUT2D eigenvalue weighted by Gasteiger charge is 2.41. The van der Waals surface area contributed by atoms with E-state index in [0.717, 1.165) is 18.4 Å². The summed E-state index contributed by atoms with van der Waals surface area (Å²) in [6, 6.07) is 10.6. The van der Waals surface area contributed by atoms with Gasteiger partial charge in [-0.15, -0.1) is 10.2 Å². The maximum atomic E-state index is 5.59. The molecule has 0 fully saturated rings. The van der Waals surface area contributed by atoms with E-state index >= 15 is 0 Å². The standard InChI is InChI=1S/C23H24N2O/c1-22(2,3)19-10-7-13-23(15-19)14-18(17-8-5-4-6-9-17)11-12-20(23)21-25-24-16-26-21/h4-13,16H,14-15H2,1-3H3. The lowest BCUT2D eigenvalue weighted by Crippen LogP contribution is -2.28. The van der Waals surface area contributed by atoms with Crippen LogP contribution in [-0.4, -0.2) is 10.2 Å². The van der Waals surface area contributed by atoms with Crippen LogP contribution in [0.15, 0.2) is 77.1 Å². The molecule has 0 amide bonds. The molecule has 0 saturated heterocycles. The Hall–Kier alpha value is -2.68. The summed E-state index contributed by atoms with van der Waals surface area (Å²) in [5.41, 5.74) is 5.15. The Labute approximate surface area is 154 Å². The molecule has 1 aromatic carbocycles. The molecule has 132 valence electrons. The van der Waals surface area contributed by atoms with Crippen molar-refractivity contribution in [2.24, 2.45) is 10.8 Å². The van der Waals surface area contributed by atoms with E-state index in [1.165, 1.54) is 23.1 Å². The SMILES string of the molecule is CC(C)(C)C1=CC=CC2(CC(c3ccccc3)=CC=C2c2nnco2)C1. The molecule has 0 saturated carbocycles. The van der Waals surface area contributed by atoms with Crippen LogP contribution in [0.5, 0.6) is 0 Å². The third-order valence-electron chi connectivity index (χ3n) is 5.41. The second-order valence-electron chi connectivity index (χ2n) is 8.19. The average molecular weight is 344 g/mol. The fourth-order valence-corrected chi connectivity index (χ4v) is 3.90. The van der Waals surface area contributed by atoms with E-state index in [4.69, 9.17) is 4.42 Å². The zero-order chi connectivity index (χ0) is 18.2. The summed E-state index contributed by atoms with van der Waals surface area (Å²) in [6.07, 6.45) is 14.4. The van der Waals surface area contributed by atoms with Crippen molar-refractivity contribution < 1.29 is 4.42 Å². The minimum atomic E-state index is -0.149. The van der Waals surface area contributed by atoms with Gasteiger partial charge >= 0.3 is 0 Å². The molecule has 0 N–H and O–H groups in total. The van der Waals surface area contributed by atoms with Gasteiger partial charge in [0.1, 0.15) is 0 Å². The smallest absolute Gasteiger partial charge is 0.244 e. The molecule has 1 spiro atoms. The molecule has 2 aliphatic carbocycles. The molecule has 4 rings (SSSR count). The Balaban J connectivity index is 1.80. The largest absolute Gasteiger partial charge is 0.424 e. The van der Waals surface area contributed by atoms with Crippen LogP contribution in [0.25, 0.3) is 11.1 Å². The predicted octanol–water partition coefficient (Wildman–Crippen LogP) is 5.86. The Bertz CT molecular complexity index is 909. The van der Waals surface area contributed by atoms with Gasteiger partial charge in [0.05, 0.1) is 0 Å². The molecule has 1 unspecified atom stereocenters. The van der Waals surface area contributed by atoms with E-state index < -0.39 is 0 Å². The maximum absolute atomic E-state index is 5.59. The van der Waals surface area contributed by atoms with Crippen molar-refractivity contribution in [3.05, 3.63) is 84.1 Å². The molecular weight excluding hydrogens is 320 g/mol. The zero-order valence-corrected chi connectivity index (χ0v) is 15.6. The first-order chi connectivity index (χ1) is 12.5. The summed E-state index contributed by atoms with van der Waals surface area (Å²) in [7, 11) is 0. The molecule has 0 bridgehead atoms. The summed E-state index contributed by atoms with van der Waals surface area (Å²) in [5.74, 6) is 0.619. The molecule has 2 aromatic rings. The van der Waals surface area contributed by atoms with Gasteiger partial charge in [0, 0.05) is 11.0 Å². The van der Waals surface area contributed by atoms with E-state index in [2.05, 4.69) is 91.7 Å². The number of rotatable bonds is 2. The second-order valence-corrected chi connectivity index (χ2v) is 8.19. The highest BCUT2D eigenvalue weighted by atomic mass is 16.4. The van der Waals surface area contributed by atoms with Crippen LogP contribution in [0.4, 0.5) is 0 Å². The molecule has 1 aromatic heterocycles. The fraction of sp³-hybridized carbons (Fsp3) is 0.304. The summed E-state index contributed by atoms with van der Waals surface area (Å²) in [4.78, 5) is 0. The normalized spacial score (nSPS) is 22.8. The Morgan fingerprint density at radius 2 is 1.81 bits per heavy atom. The molecule has 2 aliphatic rings. The Morgan fingerprint density at radius 1 is 1.00 bits per heavy atom. The minimum absolute atomic E-state index is 0.131. The molecule has 0 aliphatic heterocycles. The highest BCUT2D eigenvalue weighted by molar-refractivity contribution is 5.81. The van der Waals surface area contributed by atoms with E-state index in [1.807, 2.05) is 0 Å². The van der Waals surface area contributed by atoms with Crippen molar-refractivity contribution in [1.82, 2.24) is 10.2 Å². The van der Waals surface area contributed by atoms with Gasteiger partial charge in [-0.1, -0.05) is 87.1 Å². The molecule has 3 nitrogen and oxygen atoms in total. The molecule has 1 heterocycles. The van der Waals surface area contributed by atoms with Crippen LogP contribution in [-0.2, 0) is 0 Å². The maximum Gasteiger partial charge on any atom is 0.244 e. The third-order valence-corrected chi connectivity index (χ3v) is 5.41. The topological polar surface area (TPSA) is 38.9 Å². The van der Waals surface area contributed by atoms with Crippen molar-refractivity contribution in [2.75, 3.05) is 0 Å². The third kappa shape index (κ3) is 2.98. The van der Waals surface area contributed by atoms with Crippen molar-refractivity contribution in [1.29, 1.82) is 0 Å². The van der Waals surface area contributed by atoms with Crippen LogP contribution in [0.3, 0.4) is 0 Å². The van der Waals surface area contributed by atoms with Crippen LogP contribution in [0.1, 0.15) is 45.1 Å². The van der Waals surface area contributed by atoms with Gasteiger partial charge < -0.3 is 4.42 Å². The Morgan fingerprint density at radius 3 is 2.50 bits per heavy atom. The summed E-state index contributed by atoms with van der Waals surface area (Å²) >= 11 is 0. The quantitative estimate of drug-likeness (QED) is 0.685. The number of hydrogen-bond donors (Lipinski definition) is 0. The van der Waals surface area contributed by atoms with Crippen molar-refractivity contribution in [2.45, 2.75) is 33.6 Å². The summed E-state index contributed by atoms with van der Waals surface area (Å²) in [6.45, 7) is 6.83. The second kappa shape index (κ2) is 6.24. The molecule has 1 atom stereocenters. The van der Waals surface area contributed by atoms with E-state index in [0.29, 0.717) is 5.89 Å². The first kappa shape index (κ1) is 16.8. The average Bonchev–Trinajstić information content (AvgIpc) is 3.16. The van der Waals surface area contributed by atoms with Crippen LogP contribution < -0.4 is 0 Å². The number of aromatic nitrogens is 2. The molecule has 26 heavy (non-hydrogen) atoms. The number of allylic oxidation sites excluding steroid dienone is 8. The summed E-state index contributed by atoms with van der Waals surface area (Å²) < 4.78 is 5.59. The highest BCUT2D eigenvalue weighted by Crippen LogP contribution is 2.53. The number of nitrogens with zero attached hydrogens (tertiary/aromatic N) is 2. The van der Waals surface area contributed by atoms with Gasteiger partial charge in [-0.05, 0) is 29.4 Å². The van der Waals surface area contributed by atoms with Gasteiger partial charge in [0.2, 0.25) is 12.3 Å². The van der Waals surface area contributed by atoms with E-state index in [-0.39, 0.29) is 10.8 Å². The van der Waals surface area contributed by atoms with Crippen LogP contribution in [0.2, 0.25) is 0 Å². The van der Waals surface area contributed by atoms with Crippen molar-refractivity contribution in [3.8, 4) is 0 Å². The predicted molar refractivity (Wildman–Crippen MR) is 105 cm³/mol. The van der Waals surface area contributed by atoms with Crippen molar-refractivity contribution >= 4 is 11.1 Å². The van der Waals surface area contributed by atoms with E-state index in [9.17, 15) is 0 Å². The van der Waals surface area contributed by atoms with Gasteiger partial charge in [0.25, 0.3) is 0 Å². The molecule has 0 radical (unpaired) electrons. The van der Waals surface area contributed by atoms with Crippen LogP contribution >= 0.6 is 0 Å². The molecular formula is C23H24N2O.